The van der Waals surface area contributed by atoms with Crippen molar-refractivity contribution in [3.8, 4) is 0 Å². The zero-order valence-corrected chi connectivity index (χ0v) is 65.3. The Hall–Kier alpha value is -7.06. The highest BCUT2D eigenvalue weighted by molar-refractivity contribution is 9.10. The average molecular weight is 1840 g/mol. The quantitative estimate of drug-likeness (QED) is 0.0170. The van der Waals surface area contributed by atoms with Crippen LogP contribution in [0.2, 0.25) is 0 Å². The van der Waals surface area contributed by atoms with Crippen molar-refractivity contribution in [3.63, 3.8) is 0 Å². The summed E-state index contributed by atoms with van der Waals surface area (Å²) in [6, 6.07) is 4.51. The van der Waals surface area contributed by atoms with E-state index in [2.05, 4.69) is 20.5 Å². The van der Waals surface area contributed by atoms with Gasteiger partial charge in [-0.3, -0.25) is 136 Å². The first-order valence-electron chi connectivity index (χ1n) is 33.6. The molecule has 0 aromatic carbocycles. The number of hydrogen-bond donors (Lipinski definition) is 14. The lowest BCUT2D eigenvalue weighted by molar-refractivity contribution is -0.0657. The second kappa shape index (κ2) is 35.7. The average Bonchev–Trinajstić information content (AvgIpc) is 1.67. The third-order valence-corrected chi connectivity index (χ3v) is 24.0. The molecule has 12 rings (SSSR count). The molecule has 14 N–H and O–H groups in total. The summed E-state index contributed by atoms with van der Waals surface area (Å²) in [7, 11) is -33.3. The van der Waals surface area contributed by atoms with Gasteiger partial charge in [-0.2, -0.15) is 0 Å². The number of halogens is 1. The van der Waals surface area contributed by atoms with Gasteiger partial charge < -0.3 is 67.8 Å². The van der Waals surface area contributed by atoms with Gasteiger partial charge in [0, 0.05) is 106 Å². The van der Waals surface area contributed by atoms with Crippen LogP contribution in [-0.4, -0.2) is 210 Å². The van der Waals surface area contributed by atoms with Crippen molar-refractivity contribution in [2.45, 2.75) is 149 Å². The second-order valence-corrected chi connectivity index (χ2v) is 34.9. The van der Waals surface area contributed by atoms with Gasteiger partial charge in [0.05, 0.1) is 50.2 Å². The normalized spacial score (nSPS) is 30.2. The molecule has 116 heavy (non-hydrogen) atoms. The molecule has 0 amide bonds. The summed E-state index contributed by atoms with van der Waals surface area (Å²) in [6.45, 7) is -6.74. The van der Waals surface area contributed by atoms with Crippen LogP contribution in [0.5, 0.6) is 0 Å². The maximum Gasteiger partial charge on any atom is 0.472 e. The van der Waals surface area contributed by atoms with Gasteiger partial charge in [0.25, 0.3) is 33.4 Å². The smallest absolute Gasteiger partial charge is 0.390 e. The molecule has 6 aromatic rings. The van der Waals surface area contributed by atoms with Crippen molar-refractivity contribution in [1.82, 2.24) is 57.3 Å². The minimum absolute atomic E-state index is 0.272. The number of nitrogens with zero attached hydrogens (tertiary/aromatic N) is 6. The molecule has 6 saturated heterocycles. The predicted octanol–water partition coefficient (Wildman–Crippen LogP) is -4.24. The van der Waals surface area contributed by atoms with Gasteiger partial charge in [-0.15, -0.1) is 0 Å². The molecule has 638 valence electrons. The van der Waals surface area contributed by atoms with Gasteiger partial charge in [-0.25, -0.2) is 56.2 Å². The highest BCUT2D eigenvalue weighted by Gasteiger charge is 2.51. The molecular formula is C54H67BrN12O43P6. The van der Waals surface area contributed by atoms with Crippen molar-refractivity contribution in [2.75, 3.05) is 39.6 Å². The third kappa shape index (κ3) is 22.5. The number of hydrogen-bond acceptors (Lipinski definition) is 36. The number of H-pyrrole nitrogens is 6. The van der Waals surface area contributed by atoms with Crippen LogP contribution >= 0.6 is 62.9 Å². The van der Waals surface area contributed by atoms with Crippen molar-refractivity contribution >= 4 is 62.9 Å². The molecule has 0 bridgehead atoms. The van der Waals surface area contributed by atoms with Crippen molar-refractivity contribution < 1.29 is 145 Å². The summed E-state index contributed by atoms with van der Waals surface area (Å²) in [5.74, 6) is 0. The SMILES string of the molecule is O=c1ccn([C@H]2C[C@H](OP(=O)(O)OC[C@H]3O[C@@H](n4ccc(=O)[nH]c4=O)C[C@@H]3OP(=O)(O)OC[C@H]3O[C@@H](n4ccc(=O)[nH]c4=O)C[C@@H]3OP(=O)(O)OC[C@H]3O[C@@H](n4cc(Br)c(=O)[nH]c4=O)C[C@@H]3OP(=O)(O)OC[C@H]3O[C@@H](n4ccc(=O)[nH]c4=O)C[C@@H]3OP(=O)(O)OC[C@H]3O[C@@H](n4ccc(=O)[nH]c4=O)C[C@@H]3O)[C@@H](COP(=O)(O)O)O2)c(=O)[nH]1. The van der Waals surface area contributed by atoms with Crippen LogP contribution in [0.25, 0.3) is 0 Å². The zero-order valence-electron chi connectivity index (χ0n) is 58.3. The van der Waals surface area contributed by atoms with Crippen molar-refractivity contribution in [3.05, 3.63) is 197 Å². The maximum atomic E-state index is 14.2. The monoisotopic (exact) mass is 1840 g/mol. The lowest BCUT2D eigenvalue weighted by Crippen LogP contribution is -2.33. The van der Waals surface area contributed by atoms with E-state index in [0.29, 0.717) is 0 Å². The molecule has 62 heteroatoms. The van der Waals surface area contributed by atoms with Crippen molar-refractivity contribution in [2.24, 2.45) is 0 Å². The van der Waals surface area contributed by atoms with E-state index < -0.39 is 297 Å². The molecule has 6 fully saturated rings. The number of phosphoric acid groups is 6. The van der Waals surface area contributed by atoms with Crippen LogP contribution in [0.15, 0.2) is 130 Å². The number of aliphatic hydroxyl groups is 1. The Morgan fingerprint density at radius 2 is 0.543 bits per heavy atom. The maximum absolute atomic E-state index is 14.2. The van der Waals surface area contributed by atoms with E-state index >= 15 is 0 Å². The zero-order chi connectivity index (χ0) is 83.9. The molecule has 5 unspecified atom stereocenters. The molecule has 0 aliphatic carbocycles. The largest absolute Gasteiger partial charge is 0.472 e. The first kappa shape index (κ1) is 88.2. The molecule has 0 spiro atoms. The van der Waals surface area contributed by atoms with Crippen LogP contribution < -0.4 is 67.5 Å². The predicted molar refractivity (Wildman–Crippen MR) is 374 cm³/mol. The van der Waals surface area contributed by atoms with Gasteiger partial charge in [0.15, 0.2) is 0 Å². The summed E-state index contributed by atoms with van der Waals surface area (Å²) >= 11 is 2.97. The van der Waals surface area contributed by atoms with Gasteiger partial charge in [0.2, 0.25) is 0 Å². The van der Waals surface area contributed by atoms with Crippen LogP contribution in [0, 0.1) is 0 Å². The molecule has 6 aliphatic heterocycles. The summed E-state index contributed by atoms with van der Waals surface area (Å²) in [5, 5.41) is 10.7. The minimum Gasteiger partial charge on any atom is -0.390 e. The lowest BCUT2D eigenvalue weighted by atomic mass is 10.2. The van der Waals surface area contributed by atoms with Crippen LogP contribution in [0.3, 0.4) is 0 Å². The molecule has 0 saturated carbocycles. The summed E-state index contributed by atoms with van der Waals surface area (Å²) in [4.78, 5) is 236. The molecular weight excluding hydrogens is 1770 g/mol. The van der Waals surface area contributed by atoms with E-state index in [1.165, 1.54) is 0 Å². The fraction of sp³-hybridized carbons (Fsp3) is 0.556. The molecule has 6 aromatic heterocycles. The Morgan fingerprint density at radius 1 is 0.328 bits per heavy atom. The van der Waals surface area contributed by atoms with Crippen molar-refractivity contribution in [1.29, 1.82) is 0 Å². The first-order valence-corrected chi connectivity index (χ1v) is 43.4. The molecule has 23 atom stereocenters. The lowest BCUT2D eigenvalue weighted by Gasteiger charge is -2.26. The van der Waals surface area contributed by atoms with E-state index in [-0.39, 0.29) is 10.9 Å². The first-order chi connectivity index (χ1) is 54.4. The number of ether oxygens (including phenoxy) is 6. The van der Waals surface area contributed by atoms with Gasteiger partial charge in [-0.1, -0.05) is 0 Å². The Kier molecular flexibility index (Phi) is 27.2. The molecule has 55 nitrogen and oxygen atoms in total. The number of aliphatic hydroxyl groups excluding tert-OH is 1. The van der Waals surface area contributed by atoms with E-state index in [1.54, 1.807) is 0 Å². The standard InChI is InChI=1S/C54H67BrN12O43P6/c55-24-17-67(54(80)61-48(24)74)47-16-30(110-116(92,93)98-20-33-27(13-44(102-33)64-8-3-39(71)58-51(64)77)107-112(84,85)95-18-31-25(68)11-42(100-31)62-6-1-37(69)56-49(62)75)36(105-47)23-99-115(90,91)109-29-15-46(66-10-5-41(73)60-53(66)79)104-35(29)22-97-114(88,89)108-28-14-45(65-9-4-40(72)59-52(65)78)103-34(28)21-96-113(86,87)106-26-12-43(63-7-2-38(70)57-50(63)76)101-32(26)19-94-111(81,82)83/h1-10,17,25-36,42-47,68H,11-16,18-23H2,(H,84,85)(H,86,87)(H,88,89)(H,90,91)(H,92,93)(H,56,69,75)(H,57,70,76)(H,58,71,77)(H,59,72,78)(H,60,73,79)(H,61,74,80)(H2,81,82,83)/t25-,26-,27-,28-,29-,30-,31+,32+,33+,34+,35+,36+,42+,43+,44+,45+,46+,47+/m0/s1. The van der Waals surface area contributed by atoms with Gasteiger partial charge in [0.1, 0.15) is 105 Å². The van der Waals surface area contributed by atoms with Gasteiger partial charge in [-0.05, 0) is 15.9 Å². The van der Waals surface area contributed by atoms with E-state index in [0.717, 1.165) is 94.9 Å². The highest BCUT2D eigenvalue weighted by Crippen LogP contribution is 2.56. The highest BCUT2D eigenvalue weighted by atomic mass is 79.9. The number of nitrogens with one attached hydrogen (secondary N) is 6. The fourth-order valence-corrected chi connectivity index (χ4v) is 18.1. The molecule has 0 radical (unpaired) electrons. The second-order valence-electron chi connectivity index (χ2n) is 25.8. The van der Waals surface area contributed by atoms with E-state index in [4.69, 9.17) is 73.7 Å². The minimum atomic E-state index is -5.73. The summed E-state index contributed by atoms with van der Waals surface area (Å²) < 4.78 is 179. The van der Waals surface area contributed by atoms with Crippen LogP contribution in [0.4, 0.5) is 0 Å². The number of aromatic amines is 6. The van der Waals surface area contributed by atoms with Gasteiger partial charge >= 0.3 is 81.1 Å². The summed E-state index contributed by atoms with van der Waals surface area (Å²) in [6.07, 6.45) is -27.7. The molecule has 6 aliphatic rings. The van der Waals surface area contributed by atoms with Crippen LogP contribution in [-0.2, 0) is 106 Å². The summed E-state index contributed by atoms with van der Waals surface area (Å²) in [5.41, 5.74) is -11.7. The Morgan fingerprint density at radius 3 is 0.793 bits per heavy atom. The number of rotatable bonds is 34. The van der Waals surface area contributed by atoms with E-state index in [9.17, 15) is 124 Å². The number of aromatic nitrogens is 12. The Labute approximate surface area is 648 Å². The van der Waals surface area contributed by atoms with E-state index in [1.807, 2.05) is 29.9 Å². The topological polar surface area (TPSA) is 750 Å². The van der Waals surface area contributed by atoms with Crippen LogP contribution in [0.1, 0.15) is 75.9 Å². The Bertz CT molecular complexity index is 5720. The fourth-order valence-electron chi connectivity index (χ4n) is 12.7. The number of phosphoric ester groups is 6. The third-order valence-electron chi connectivity index (χ3n) is 17.9. The molecule has 12 heterocycles. The Balaban J connectivity index is 0.729.